The third-order valence-electron chi connectivity index (χ3n) is 2.85. The molecule has 6 heteroatoms. The molecule has 2 heterocycles. The molecule has 98 valence electrons. The van der Waals surface area contributed by atoms with Crippen LogP contribution in [0.1, 0.15) is 22.7 Å². The molecule has 0 saturated carbocycles. The van der Waals surface area contributed by atoms with E-state index in [-0.39, 0.29) is 24.7 Å². The van der Waals surface area contributed by atoms with Crippen LogP contribution in [0.15, 0.2) is 16.5 Å². The molecule has 1 aromatic heterocycles. The van der Waals surface area contributed by atoms with Gasteiger partial charge in [0.2, 0.25) is 0 Å². The normalized spacial score (nSPS) is 19.8. The van der Waals surface area contributed by atoms with Gasteiger partial charge >= 0.3 is 5.97 Å². The van der Waals surface area contributed by atoms with Crippen molar-refractivity contribution >= 4 is 11.9 Å². The maximum absolute atomic E-state index is 12.2. The largest absolute Gasteiger partial charge is 0.481 e. The second-order valence-corrected chi connectivity index (χ2v) is 4.24. The second kappa shape index (κ2) is 5.22. The summed E-state index contributed by atoms with van der Waals surface area (Å²) in [7, 11) is 0. The minimum absolute atomic E-state index is 0.120. The van der Waals surface area contributed by atoms with Gasteiger partial charge in [0.05, 0.1) is 25.7 Å². The van der Waals surface area contributed by atoms with Crippen molar-refractivity contribution < 1.29 is 23.8 Å². The number of carboxylic acids is 1. The van der Waals surface area contributed by atoms with Crippen LogP contribution in [-0.4, -0.2) is 47.7 Å². The van der Waals surface area contributed by atoms with Crippen molar-refractivity contribution in [3.8, 4) is 0 Å². The summed E-state index contributed by atoms with van der Waals surface area (Å²) in [5.41, 5.74) is 0. The molecule has 18 heavy (non-hydrogen) atoms. The van der Waals surface area contributed by atoms with Crippen LogP contribution in [0.3, 0.4) is 0 Å². The molecule has 1 saturated heterocycles. The van der Waals surface area contributed by atoms with Crippen LogP contribution in [0.2, 0.25) is 0 Å². The smallest absolute Gasteiger partial charge is 0.305 e. The van der Waals surface area contributed by atoms with Gasteiger partial charge in [-0.15, -0.1) is 0 Å². The number of amides is 1. The van der Waals surface area contributed by atoms with Crippen LogP contribution in [0.5, 0.6) is 0 Å². The van der Waals surface area contributed by atoms with E-state index in [0.717, 1.165) is 0 Å². The van der Waals surface area contributed by atoms with Crippen molar-refractivity contribution in [3.05, 3.63) is 23.7 Å². The fourth-order valence-electron chi connectivity index (χ4n) is 1.98. The third-order valence-corrected chi connectivity index (χ3v) is 2.85. The van der Waals surface area contributed by atoms with E-state index in [1.807, 2.05) is 0 Å². The van der Waals surface area contributed by atoms with Gasteiger partial charge in [0.1, 0.15) is 5.76 Å². The molecule has 0 aromatic carbocycles. The highest BCUT2D eigenvalue weighted by Gasteiger charge is 2.31. The number of carboxylic acid groups (broad SMARTS) is 1. The van der Waals surface area contributed by atoms with Gasteiger partial charge < -0.3 is 19.2 Å². The van der Waals surface area contributed by atoms with Crippen molar-refractivity contribution in [2.24, 2.45) is 0 Å². The average molecular weight is 253 g/mol. The first-order valence-electron chi connectivity index (χ1n) is 5.75. The average Bonchev–Trinajstić information content (AvgIpc) is 2.75. The van der Waals surface area contributed by atoms with E-state index in [1.165, 1.54) is 4.90 Å². The lowest BCUT2D eigenvalue weighted by Crippen LogP contribution is -2.49. The number of aliphatic carboxylic acids is 1. The lowest BCUT2D eigenvalue weighted by molar-refractivity contribution is -0.139. The SMILES string of the molecule is Cc1ccc(C(=O)N2CCOCC2CC(=O)O)o1. The molecule has 1 N–H and O–H groups in total. The summed E-state index contributed by atoms with van der Waals surface area (Å²) in [6, 6.07) is 2.87. The molecule has 1 unspecified atom stereocenters. The van der Waals surface area contributed by atoms with Gasteiger partial charge in [-0.05, 0) is 19.1 Å². The molecule has 1 aliphatic rings. The quantitative estimate of drug-likeness (QED) is 0.865. The Balaban J connectivity index is 2.13. The number of ether oxygens (including phenoxy) is 1. The van der Waals surface area contributed by atoms with Crippen LogP contribution in [0.4, 0.5) is 0 Å². The molecule has 0 spiro atoms. The summed E-state index contributed by atoms with van der Waals surface area (Å²) in [6.45, 7) is 2.81. The predicted octanol–water partition coefficient (Wildman–Crippen LogP) is 0.904. The summed E-state index contributed by atoms with van der Waals surface area (Å²) in [5, 5.41) is 8.82. The van der Waals surface area contributed by atoms with Crippen molar-refractivity contribution in [2.45, 2.75) is 19.4 Å². The van der Waals surface area contributed by atoms with E-state index in [0.29, 0.717) is 18.9 Å². The van der Waals surface area contributed by atoms with Gasteiger partial charge in [0.25, 0.3) is 5.91 Å². The second-order valence-electron chi connectivity index (χ2n) is 4.24. The topological polar surface area (TPSA) is 80.0 Å². The van der Waals surface area contributed by atoms with Gasteiger partial charge in [-0.3, -0.25) is 9.59 Å². The standard InChI is InChI=1S/C12H15NO5/c1-8-2-3-10(18-8)12(16)13-4-5-17-7-9(13)6-11(14)15/h2-3,9H,4-7H2,1H3,(H,14,15). The Morgan fingerprint density at radius 1 is 1.50 bits per heavy atom. The Hall–Kier alpha value is -1.82. The molecule has 2 rings (SSSR count). The Labute approximate surface area is 104 Å². The summed E-state index contributed by atoms with van der Waals surface area (Å²) in [5.74, 6) is -0.331. The number of nitrogens with zero attached hydrogens (tertiary/aromatic N) is 1. The zero-order valence-corrected chi connectivity index (χ0v) is 10.1. The van der Waals surface area contributed by atoms with E-state index >= 15 is 0 Å². The number of hydrogen-bond donors (Lipinski definition) is 1. The first-order chi connectivity index (χ1) is 8.58. The van der Waals surface area contributed by atoms with E-state index in [2.05, 4.69) is 0 Å². The molecule has 1 atom stereocenters. The zero-order chi connectivity index (χ0) is 13.1. The molecular weight excluding hydrogens is 238 g/mol. The number of carbonyl (C=O) groups is 2. The molecule has 0 radical (unpaired) electrons. The number of aryl methyl sites for hydroxylation is 1. The van der Waals surface area contributed by atoms with Crippen molar-refractivity contribution in [2.75, 3.05) is 19.8 Å². The third kappa shape index (κ3) is 2.70. The minimum atomic E-state index is -0.945. The van der Waals surface area contributed by atoms with Gasteiger partial charge in [0, 0.05) is 6.54 Å². The van der Waals surface area contributed by atoms with Crippen LogP contribution >= 0.6 is 0 Å². The molecule has 1 amide bonds. The van der Waals surface area contributed by atoms with E-state index in [4.69, 9.17) is 14.3 Å². The lowest BCUT2D eigenvalue weighted by Gasteiger charge is -2.34. The maximum atomic E-state index is 12.2. The number of furan rings is 1. The molecule has 1 aromatic rings. The summed E-state index contributed by atoms with van der Waals surface area (Å²) < 4.78 is 10.5. The predicted molar refractivity (Wildman–Crippen MR) is 61.3 cm³/mol. The first-order valence-corrected chi connectivity index (χ1v) is 5.75. The van der Waals surface area contributed by atoms with Crippen molar-refractivity contribution in [1.29, 1.82) is 0 Å². The lowest BCUT2D eigenvalue weighted by atomic mass is 10.1. The Morgan fingerprint density at radius 3 is 2.89 bits per heavy atom. The summed E-state index contributed by atoms with van der Waals surface area (Å²) in [4.78, 5) is 24.5. The van der Waals surface area contributed by atoms with E-state index in [9.17, 15) is 9.59 Å². The molecule has 0 aliphatic carbocycles. The van der Waals surface area contributed by atoms with Crippen LogP contribution < -0.4 is 0 Å². The number of hydrogen-bond acceptors (Lipinski definition) is 4. The summed E-state index contributed by atoms with van der Waals surface area (Å²) >= 11 is 0. The minimum Gasteiger partial charge on any atom is -0.481 e. The molecular formula is C12H15NO5. The van der Waals surface area contributed by atoms with E-state index < -0.39 is 12.0 Å². The maximum Gasteiger partial charge on any atom is 0.305 e. The molecule has 1 fully saturated rings. The first kappa shape index (κ1) is 12.6. The molecule has 6 nitrogen and oxygen atoms in total. The Bertz CT molecular complexity index is 453. The monoisotopic (exact) mass is 253 g/mol. The highest BCUT2D eigenvalue weighted by atomic mass is 16.5. The zero-order valence-electron chi connectivity index (χ0n) is 10.1. The Morgan fingerprint density at radius 2 is 2.28 bits per heavy atom. The van der Waals surface area contributed by atoms with E-state index in [1.54, 1.807) is 19.1 Å². The molecule has 0 bridgehead atoms. The van der Waals surface area contributed by atoms with Crippen LogP contribution in [0, 0.1) is 6.92 Å². The fraction of sp³-hybridized carbons (Fsp3) is 0.500. The van der Waals surface area contributed by atoms with Gasteiger partial charge in [-0.25, -0.2) is 0 Å². The van der Waals surface area contributed by atoms with Crippen LogP contribution in [-0.2, 0) is 9.53 Å². The van der Waals surface area contributed by atoms with Crippen molar-refractivity contribution in [1.82, 2.24) is 4.90 Å². The Kier molecular flexibility index (Phi) is 3.66. The van der Waals surface area contributed by atoms with Gasteiger partial charge in [0.15, 0.2) is 5.76 Å². The summed E-state index contributed by atoms with van der Waals surface area (Å²) in [6.07, 6.45) is -0.120. The fourth-order valence-corrected chi connectivity index (χ4v) is 1.98. The van der Waals surface area contributed by atoms with Crippen molar-refractivity contribution in [3.63, 3.8) is 0 Å². The number of rotatable bonds is 3. The molecule has 1 aliphatic heterocycles. The van der Waals surface area contributed by atoms with Crippen LogP contribution in [0.25, 0.3) is 0 Å². The van der Waals surface area contributed by atoms with Gasteiger partial charge in [-0.2, -0.15) is 0 Å². The highest BCUT2D eigenvalue weighted by Crippen LogP contribution is 2.16. The number of carbonyl (C=O) groups excluding carboxylic acids is 1. The number of morpholine rings is 1. The van der Waals surface area contributed by atoms with Gasteiger partial charge in [-0.1, -0.05) is 0 Å². The highest BCUT2D eigenvalue weighted by molar-refractivity contribution is 5.92.